The summed E-state index contributed by atoms with van der Waals surface area (Å²) in [7, 11) is 0. The van der Waals surface area contributed by atoms with E-state index in [1.54, 1.807) is 0 Å². The van der Waals surface area contributed by atoms with E-state index in [1.807, 2.05) is 54.6 Å². The number of pyridine rings is 1. The fourth-order valence-electron chi connectivity index (χ4n) is 4.62. The Morgan fingerprint density at radius 1 is 1.00 bits per heavy atom. The largest absolute Gasteiger partial charge is 0.463 e. The van der Waals surface area contributed by atoms with E-state index in [1.165, 1.54) is 20.1 Å². The number of fused-ring (bicyclic) bond motifs is 2. The molecule has 5 nitrogen and oxygen atoms in total. The first kappa shape index (κ1) is 21.4. The van der Waals surface area contributed by atoms with Crippen molar-refractivity contribution in [3.05, 3.63) is 72.1 Å². The highest BCUT2D eigenvalue weighted by Crippen LogP contribution is 2.32. The van der Waals surface area contributed by atoms with Gasteiger partial charge in [0.25, 0.3) is 5.91 Å². The lowest BCUT2D eigenvalue weighted by Gasteiger charge is -2.31. The van der Waals surface area contributed by atoms with Crippen LogP contribution in [0.25, 0.3) is 21.9 Å². The molecule has 0 saturated heterocycles. The number of alkyl halides is 1. The first-order chi connectivity index (χ1) is 15.9. The highest BCUT2D eigenvalue weighted by molar-refractivity contribution is 6.06. The zero-order chi connectivity index (χ0) is 23.0. The molecule has 1 fully saturated rings. The molecule has 1 saturated carbocycles. The molecule has 1 aliphatic carbocycles. The Kier molecular flexibility index (Phi) is 5.52. The maximum absolute atomic E-state index is 14.7. The number of furan rings is 1. The van der Waals surface area contributed by atoms with Crippen molar-refractivity contribution in [1.29, 1.82) is 0 Å². The zero-order valence-electron chi connectivity index (χ0n) is 18.9. The normalized spacial score (nSPS) is 19.0. The number of hydrogen-bond acceptors (Lipinski definition) is 4. The zero-order valence-corrected chi connectivity index (χ0v) is 18.9. The standard InChI is InChI=1S/C27H28FN3O2/c1-27(2,28)25-15-23(20-8-3-5-9-22(20)31-25)29-17-11-13-18(14-12-17)30-26(32)21-16-33-24-10-6-4-7-19(21)24/h3-10,15-18H,11-14H2,1-2H3,(H,29,31)(H,30,32). The summed E-state index contributed by atoms with van der Waals surface area (Å²) in [5, 5.41) is 8.63. The minimum absolute atomic E-state index is 0.0914. The van der Waals surface area contributed by atoms with Crippen molar-refractivity contribution < 1.29 is 13.6 Å². The van der Waals surface area contributed by atoms with Crippen molar-refractivity contribution in [2.24, 2.45) is 0 Å². The van der Waals surface area contributed by atoms with Crippen LogP contribution in [0.4, 0.5) is 10.1 Å². The lowest BCUT2D eigenvalue weighted by Crippen LogP contribution is -2.40. The molecule has 170 valence electrons. The van der Waals surface area contributed by atoms with Crippen molar-refractivity contribution in [1.82, 2.24) is 10.3 Å². The predicted molar refractivity (Wildman–Crippen MR) is 129 cm³/mol. The fourth-order valence-corrected chi connectivity index (χ4v) is 4.62. The van der Waals surface area contributed by atoms with Gasteiger partial charge in [-0.15, -0.1) is 0 Å². The van der Waals surface area contributed by atoms with E-state index < -0.39 is 5.67 Å². The van der Waals surface area contributed by atoms with Gasteiger partial charge in [-0.2, -0.15) is 0 Å². The van der Waals surface area contributed by atoms with Crippen LogP contribution in [-0.2, 0) is 5.67 Å². The number of halogens is 1. The number of carbonyl (C=O) groups excluding carboxylic acids is 1. The summed E-state index contributed by atoms with van der Waals surface area (Å²) in [5.74, 6) is -0.0914. The van der Waals surface area contributed by atoms with E-state index in [0.717, 1.165) is 53.2 Å². The number of benzene rings is 2. The van der Waals surface area contributed by atoms with Crippen LogP contribution in [0.2, 0.25) is 0 Å². The van der Waals surface area contributed by atoms with Crippen LogP contribution in [0, 0.1) is 0 Å². The molecule has 2 heterocycles. The maximum atomic E-state index is 14.7. The molecule has 0 atom stereocenters. The molecule has 1 amide bonds. The lowest BCUT2D eigenvalue weighted by molar-refractivity contribution is 0.0927. The minimum Gasteiger partial charge on any atom is -0.463 e. The van der Waals surface area contributed by atoms with Gasteiger partial charge in [-0.05, 0) is 57.7 Å². The van der Waals surface area contributed by atoms with Gasteiger partial charge in [0.1, 0.15) is 17.5 Å². The summed E-state index contributed by atoms with van der Waals surface area (Å²) in [5.41, 5.74) is 1.92. The number of nitrogens with one attached hydrogen (secondary N) is 2. The average Bonchev–Trinajstić information content (AvgIpc) is 3.24. The van der Waals surface area contributed by atoms with Crippen LogP contribution >= 0.6 is 0 Å². The topological polar surface area (TPSA) is 67.2 Å². The number of carbonyl (C=O) groups is 1. The van der Waals surface area contributed by atoms with E-state index in [2.05, 4.69) is 15.6 Å². The van der Waals surface area contributed by atoms with E-state index >= 15 is 0 Å². The second-order valence-corrected chi connectivity index (χ2v) is 9.36. The van der Waals surface area contributed by atoms with Crippen LogP contribution in [0.3, 0.4) is 0 Å². The third-order valence-electron chi connectivity index (χ3n) is 6.47. The Morgan fingerprint density at radius 2 is 1.67 bits per heavy atom. The first-order valence-corrected chi connectivity index (χ1v) is 11.5. The highest BCUT2D eigenvalue weighted by atomic mass is 19.1. The van der Waals surface area contributed by atoms with Gasteiger partial charge in [-0.1, -0.05) is 36.4 Å². The number of amides is 1. The number of hydrogen-bond donors (Lipinski definition) is 2. The van der Waals surface area contributed by atoms with E-state index in [0.29, 0.717) is 11.3 Å². The van der Waals surface area contributed by atoms with Gasteiger partial charge in [-0.25, -0.2) is 9.37 Å². The van der Waals surface area contributed by atoms with Gasteiger partial charge in [0.15, 0.2) is 0 Å². The summed E-state index contributed by atoms with van der Waals surface area (Å²) in [6.07, 6.45) is 5.13. The number of para-hydroxylation sites is 2. The summed E-state index contributed by atoms with van der Waals surface area (Å²) in [4.78, 5) is 17.3. The van der Waals surface area contributed by atoms with E-state index in [4.69, 9.17) is 4.42 Å². The summed E-state index contributed by atoms with van der Waals surface area (Å²) >= 11 is 0. The van der Waals surface area contributed by atoms with Crippen molar-refractivity contribution in [3.8, 4) is 0 Å². The molecule has 5 rings (SSSR count). The SMILES string of the molecule is CC(C)(F)c1cc(NC2CCC(NC(=O)c3coc4ccccc34)CC2)c2ccccc2n1. The van der Waals surface area contributed by atoms with Gasteiger partial charge in [0.2, 0.25) is 0 Å². The minimum atomic E-state index is -1.51. The molecule has 4 aromatic rings. The highest BCUT2D eigenvalue weighted by Gasteiger charge is 2.26. The first-order valence-electron chi connectivity index (χ1n) is 11.5. The molecule has 0 radical (unpaired) electrons. The van der Waals surface area contributed by atoms with Crippen LogP contribution in [-0.4, -0.2) is 23.0 Å². The van der Waals surface area contributed by atoms with E-state index in [9.17, 15) is 9.18 Å². The van der Waals surface area contributed by atoms with Gasteiger partial charge in [0, 0.05) is 28.5 Å². The molecular weight excluding hydrogens is 417 g/mol. The molecule has 1 aliphatic rings. The third kappa shape index (κ3) is 4.42. The maximum Gasteiger partial charge on any atom is 0.255 e. The van der Waals surface area contributed by atoms with Gasteiger partial charge in [0.05, 0.1) is 16.8 Å². The van der Waals surface area contributed by atoms with Crippen molar-refractivity contribution in [2.75, 3.05) is 5.32 Å². The number of nitrogens with zero attached hydrogens (tertiary/aromatic N) is 1. The Morgan fingerprint density at radius 3 is 2.42 bits per heavy atom. The van der Waals surface area contributed by atoms with Crippen LogP contribution in [0.5, 0.6) is 0 Å². The molecule has 2 N–H and O–H groups in total. The molecule has 6 heteroatoms. The number of rotatable bonds is 5. The van der Waals surface area contributed by atoms with Crippen LogP contribution < -0.4 is 10.6 Å². The average molecular weight is 446 g/mol. The molecular formula is C27H28FN3O2. The quantitative estimate of drug-likeness (QED) is 0.376. The molecule has 2 aromatic carbocycles. The molecule has 0 aliphatic heterocycles. The smallest absolute Gasteiger partial charge is 0.255 e. The summed E-state index contributed by atoms with van der Waals surface area (Å²) < 4.78 is 20.2. The lowest BCUT2D eigenvalue weighted by atomic mass is 9.90. The second kappa shape index (κ2) is 8.50. The predicted octanol–water partition coefficient (Wildman–Crippen LogP) is 6.34. The fraction of sp³-hybridized carbons (Fsp3) is 0.333. The number of anilines is 1. The van der Waals surface area contributed by atoms with Gasteiger partial charge in [-0.3, -0.25) is 4.79 Å². The molecule has 2 aromatic heterocycles. The van der Waals surface area contributed by atoms with Crippen molar-refractivity contribution in [3.63, 3.8) is 0 Å². The Balaban J connectivity index is 1.26. The van der Waals surface area contributed by atoms with Gasteiger partial charge < -0.3 is 15.1 Å². The third-order valence-corrected chi connectivity index (χ3v) is 6.47. The monoisotopic (exact) mass is 445 g/mol. The Labute approximate surface area is 192 Å². The van der Waals surface area contributed by atoms with Crippen LogP contribution in [0.15, 0.2) is 65.3 Å². The summed E-state index contributed by atoms with van der Waals surface area (Å²) in [6.45, 7) is 3.07. The van der Waals surface area contributed by atoms with Crippen LogP contribution in [0.1, 0.15) is 55.6 Å². The van der Waals surface area contributed by atoms with E-state index in [-0.39, 0.29) is 18.0 Å². The van der Waals surface area contributed by atoms with Crippen molar-refractivity contribution >= 4 is 33.5 Å². The molecule has 0 bridgehead atoms. The van der Waals surface area contributed by atoms with Crippen molar-refractivity contribution in [2.45, 2.75) is 57.3 Å². The second-order valence-electron chi connectivity index (χ2n) is 9.36. The summed E-state index contributed by atoms with van der Waals surface area (Å²) in [6, 6.07) is 17.6. The molecule has 0 spiro atoms. The molecule has 33 heavy (non-hydrogen) atoms. The number of aromatic nitrogens is 1. The Bertz CT molecular complexity index is 1300. The Hall–Kier alpha value is -3.41. The van der Waals surface area contributed by atoms with Gasteiger partial charge >= 0.3 is 0 Å². The molecule has 0 unspecified atom stereocenters.